The van der Waals surface area contributed by atoms with Crippen molar-refractivity contribution in [2.75, 3.05) is 5.32 Å². The third-order valence-electron chi connectivity index (χ3n) is 2.30. The van der Waals surface area contributed by atoms with Gasteiger partial charge in [-0.05, 0) is 24.5 Å². The predicted molar refractivity (Wildman–Crippen MR) is 54.7 cm³/mol. The van der Waals surface area contributed by atoms with Crippen LogP contribution < -0.4 is 5.32 Å². The van der Waals surface area contributed by atoms with Crippen LogP contribution in [0.4, 0.5) is 5.69 Å². The number of halogens is 1. The van der Waals surface area contributed by atoms with E-state index in [-0.39, 0.29) is 11.7 Å². The molecule has 0 spiro atoms. The second-order valence-electron chi connectivity index (χ2n) is 3.36. The summed E-state index contributed by atoms with van der Waals surface area (Å²) in [5.41, 5.74) is 1.66. The maximum atomic E-state index is 11.2. The highest BCUT2D eigenvalue weighted by Crippen LogP contribution is 2.32. The third-order valence-corrected chi connectivity index (χ3v) is 2.60. The van der Waals surface area contributed by atoms with Crippen molar-refractivity contribution >= 4 is 23.2 Å². The van der Waals surface area contributed by atoms with Gasteiger partial charge in [0.15, 0.2) is 0 Å². The number of hydrogen-bond donors (Lipinski definition) is 2. The summed E-state index contributed by atoms with van der Waals surface area (Å²) in [7, 11) is 0. The molecule has 1 aromatic rings. The van der Waals surface area contributed by atoms with Crippen LogP contribution in [0.2, 0.25) is 5.02 Å². The van der Waals surface area contributed by atoms with E-state index in [0.29, 0.717) is 17.1 Å². The molecule has 1 aliphatic rings. The highest BCUT2D eigenvalue weighted by molar-refractivity contribution is 6.32. The molecule has 0 aliphatic carbocycles. The van der Waals surface area contributed by atoms with Crippen molar-refractivity contribution in [3.63, 3.8) is 0 Å². The predicted octanol–water partition coefficient (Wildman–Crippen LogP) is 2.32. The molecule has 0 bridgehead atoms. The Kier molecular flexibility index (Phi) is 2.33. The monoisotopic (exact) mass is 211 g/mol. The molecule has 0 saturated carbocycles. The first-order valence-electron chi connectivity index (χ1n) is 4.48. The first-order chi connectivity index (χ1) is 6.66. The van der Waals surface area contributed by atoms with Crippen LogP contribution in [-0.2, 0) is 11.2 Å². The minimum atomic E-state index is -0.00882. The molecule has 0 atom stereocenters. The fourth-order valence-electron chi connectivity index (χ4n) is 1.58. The molecule has 0 unspecified atom stereocenters. The Morgan fingerprint density at radius 1 is 1.36 bits per heavy atom. The van der Waals surface area contributed by atoms with Gasteiger partial charge in [-0.2, -0.15) is 0 Å². The zero-order valence-corrected chi connectivity index (χ0v) is 8.27. The van der Waals surface area contributed by atoms with E-state index in [9.17, 15) is 9.90 Å². The molecule has 14 heavy (non-hydrogen) atoms. The summed E-state index contributed by atoms with van der Waals surface area (Å²) >= 11 is 5.77. The van der Waals surface area contributed by atoms with Crippen molar-refractivity contribution in [2.45, 2.75) is 19.3 Å². The van der Waals surface area contributed by atoms with Crippen LogP contribution in [-0.4, -0.2) is 11.0 Å². The Morgan fingerprint density at radius 3 is 2.93 bits per heavy atom. The summed E-state index contributed by atoms with van der Waals surface area (Å²) in [5.74, 6) is -0.00177. The summed E-state index contributed by atoms with van der Waals surface area (Å²) in [5, 5.41) is 12.4. The number of anilines is 1. The average molecular weight is 212 g/mol. The van der Waals surface area contributed by atoms with Gasteiger partial charge in [0.2, 0.25) is 5.91 Å². The van der Waals surface area contributed by atoms with Gasteiger partial charge >= 0.3 is 0 Å². The molecule has 74 valence electrons. The highest BCUT2D eigenvalue weighted by atomic mass is 35.5. The van der Waals surface area contributed by atoms with E-state index in [0.717, 1.165) is 18.4 Å². The normalized spacial score (nSPS) is 15.6. The number of benzene rings is 1. The van der Waals surface area contributed by atoms with Gasteiger partial charge in [-0.3, -0.25) is 4.79 Å². The van der Waals surface area contributed by atoms with Crippen molar-refractivity contribution in [3.05, 3.63) is 22.7 Å². The molecular formula is C10H10ClNO2. The molecule has 1 heterocycles. The maximum Gasteiger partial charge on any atom is 0.224 e. The van der Waals surface area contributed by atoms with E-state index in [2.05, 4.69) is 5.32 Å². The van der Waals surface area contributed by atoms with Crippen molar-refractivity contribution in [1.82, 2.24) is 0 Å². The Hall–Kier alpha value is -1.22. The minimum absolute atomic E-state index is 0.00705. The lowest BCUT2D eigenvalue weighted by molar-refractivity contribution is -0.116. The topological polar surface area (TPSA) is 49.3 Å². The largest absolute Gasteiger partial charge is 0.506 e. The lowest BCUT2D eigenvalue weighted by Crippen LogP contribution is -2.09. The van der Waals surface area contributed by atoms with E-state index >= 15 is 0 Å². The van der Waals surface area contributed by atoms with Crippen LogP contribution in [0.5, 0.6) is 5.75 Å². The molecule has 1 aromatic carbocycles. The molecule has 3 nitrogen and oxygen atoms in total. The molecule has 2 N–H and O–H groups in total. The number of amides is 1. The number of phenolic OH excluding ortho intramolecular Hbond substituents is 1. The van der Waals surface area contributed by atoms with Crippen LogP contribution in [0.15, 0.2) is 12.1 Å². The maximum absolute atomic E-state index is 11.2. The molecule has 0 radical (unpaired) electrons. The number of aryl methyl sites for hydroxylation is 1. The lowest BCUT2D eigenvalue weighted by atomic mass is 10.1. The summed E-state index contributed by atoms with van der Waals surface area (Å²) in [6, 6.07) is 3.21. The van der Waals surface area contributed by atoms with E-state index in [1.54, 1.807) is 6.07 Å². The van der Waals surface area contributed by atoms with Crippen molar-refractivity contribution in [2.24, 2.45) is 0 Å². The average Bonchev–Trinajstić information content (AvgIpc) is 2.28. The van der Waals surface area contributed by atoms with Crippen LogP contribution in [0, 0.1) is 0 Å². The fourth-order valence-corrected chi connectivity index (χ4v) is 1.76. The number of rotatable bonds is 0. The van der Waals surface area contributed by atoms with Gasteiger partial charge in [0.05, 0.1) is 5.02 Å². The number of fused-ring (bicyclic) bond motifs is 1. The molecule has 0 saturated heterocycles. The van der Waals surface area contributed by atoms with Gasteiger partial charge in [-0.25, -0.2) is 0 Å². The third kappa shape index (κ3) is 1.68. The molecule has 0 fully saturated rings. The van der Waals surface area contributed by atoms with E-state index < -0.39 is 0 Å². The first kappa shape index (κ1) is 9.34. The quantitative estimate of drug-likeness (QED) is 0.692. The van der Waals surface area contributed by atoms with Gasteiger partial charge in [-0.1, -0.05) is 11.6 Å². The second-order valence-corrected chi connectivity index (χ2v) is 3.77. The van der Waals surface area contributed by atoms with E-state index in [1.807, 2.05) is 0 Å². The Labute approximate surface area is 86.7 Å². The molecule has 1 amide bonds. The first-order valence-corrected chi connectivity index (χ1v) is 4.86. The summed E-state index contributed by atoms with van der Waals surface area (Å²) in [4.78, 5) is 11.2. The van der Waals surface area contributed by atoms with Crippen molar-refractivity contribution in [1.29, 1.82) is 0 Å². The molecular weight excluding hydrogens is 202 g/mol. The van der Waals surface area contributed by atoms with Gasteiger partial charge in [0.25, 0.3) is 0 Å². The minimum Gasteiger partial charge on any atom is -0.506 e. The Bertz CT molecular complexity index is 390. The summed E-state index contributed by atoms with van der Waals surface area (Å²) in [6.07, 6.45) is 2.15. The Balaban J connectivity index is 2.46. The smallest absolute Gasteiger partial charge is 0.224 e. The van der Waals surface area contributed by atoms with Gasteiger partial charge in [-0.15, -0.1) is 0 Å². The van der Waals surface area contributed by atoms with Crippen LogP contribution >= 0.6 is 11.6 Å². The molecule has 0 aromatic heterocycles. The highest BCUT2D eigenvalue weighted by Gasteiger charge is 2.14. The summed E-state index contributed by atoms with van der Waals surface area (Å²) < 4.78 is 0. The zero-order valence-electron chi connectivity index (χ0n) is 7.51. The van der Waals surface area contributed by atoms with Crippen LogP contribution in [0.1, 0.15) is 18.4 Å². The number of phenols is 1. The summed E-state index contributed by atoms with van der Waals surface area (Å²) in [6.45, 7) is 0. The number of carbonyl (C=O) groups is 1. The number of nitrogens with one attached hydrogen (secondary N) is 1. The SMILES string of the molecule is O=C1CCCc2cc(Cl)c(O)cc2N1. The molecule has 4 heteroatoms. The van der Waals surface area contributed by atoms with E-state index in [4.69, 9.17) is 11.6 Å². The van der Waals surface area contributed by atoms with Gasteiger partial charge in [0, 0.05) is 18.2 Å². The zero-order chi connectivity index (χ0) is 10.1. The van der Waals surface area contributed by atoms with E-state index in [1.165, 1.54) is 6.07 Å². The molecule has 1 aliphatic heterocycles. The van der Waals surface area contributed by atoms with Crippen LogP contribution in [0.3, 0.4) is 0 Å². The van der Waals surface area contributed by atoms with Crippen LogP contribution in [0.25, 0.3) is 0 Å². The van der Waals surface area contributed by atoms with Gasteiger partial charge in [0.1, 0.15) is 5.75 Å². The Morgan fingerprint density at radius 2 is 2.14 bits per heavy atom. The number of carbonyl (C=O) groups excluding carboxylic acids is 1. The standard InChI is InChI=1S/C10H10ClNO2/c11-7-4-6-2-1-3-10(14)12-8(6)5-9(7)13/h4-5,13H,1-3H2,(H,12,14). The van der Waals surface area contributed by atoms with Gasteiger partial charge < -0.3 is 10.4 Å². The second kappa shape index (κ2) is 3.50. The van der Waals surface area contributed by atoms with Crippen molar-refractivity contribution < 1.29 is 9.90 Å². The number of aromatic hydroxyl groups is 1. The number of hydrogen-bond acceptors (Lipinski definition) is 2. The lowest BCUT2D eigenvalue weighted by Gasteiger charge is -2.07. The fraction of sp³-hybridized carbons (Fsp3) is 0.300. The molecule has 2 rings (SSSR count). The van der Waals surface area contributed by atoms with Crippen molar-refractivity contribution in [3.8, 4) is 5.75 Å².